The predicted octanol–water partition coefficient (Wildman–Crippen LogP) is 0.862. The van der Waals surface area contributed by atoms with Crippen molar-refractivity contribution in [3.8, 4) is 0 Å². The van der Waals surface area contributed by atoms with Crippen LogP contribution in [0.1, 0.15) is 58.8 Å². The SMILES string of the molecule is CC1(C)[C@@H]2[C@@H](C(=O)N[C@@H](C[C@@H]3CCNC3=O)C(N)=O)N(C(=O)[C@@H](NC(=O)C(F)(F)Cl)C3CCCCC3)C[C@@H]21. The van der Waals surface area contributed by atoms with E-state index >= 15 is 0 Å². The van der Waals surface area contributed by atoms with Gasteiger partial charge < -0.3 is 26.6 Å². The minimum atomic E-state index is -4.18. The maximum absolute atomic E-state index is 13.8. The lowest BCUT2D eigenvalue weighted by Gasteiger charge is -2.37. The molecule has 0 bridgehead atoms. The lowest BCUT2D eigenvalue weighted by atomic mass is 9.83. The summed E-state index contributed by atoms with van der Waals surface area (Å²) < 4.78 is 27.1. The molecule has 212 valence electrons. The van der Waals surface area contributed by atoms with Crippen molar-refractivity contribution in [1.82, 2.24) is 20.9 Å². The van der Waals surface area contributed by atoms with Crippen LogP contribution in [0.5, 0.6) is 0 Å². The van der Waals surface area contributed by atoms with Crippen LogP contribution in [0.25, 0.3) is 0 Å². The van der Waals surface area contributed by atoms with Crippen molar-refractivity contribution in [1.29, 1.82) is 0 Å². The van der Waals surface area contributed by atoms with Crippen molar-refractivity contribution in [2.75, 3.05) is 13.1 Å². The maximum atomic E-state index is 13.8. The highest BCUT2D eigenvalue weighted by Crippen LogP contribution is 2.65. The number of piperidine rings is 1. The average Bonchev–Trinajstić information content (AvgIpc) is 3.20. The Morgan fingerprint density at radius 2 is 1.82 bits per heavy atom. The summed E-state index contributed by atoms with van der Waals surface area (Å²) in [5, 5.41) is 3.32. The first-order valence-corrected chi connectivity index (χ1v) is 13.7. The summed E-state index contributed by atoms with van der Waals surface area (Å²) in [7, 11) is 0. The number of rotatable bonds is 9. The summed E-state index contributed by atoms with van der Waals surface area (Å²) in [5.74, 6) is -5.02. The van der Waals surface area contributed by atoms with E-state index in [4.69, 9.17) is 17.3 Å². The number of primary amides is 1. The Labute approximate surface area is 225 Å². The Kier molecular flexibility index (Phi) is 7.94. The van der Waals surface area contributed by atoms with E-state index in [1.165, 1.54) is 4.90 Å². The second-order valence-electron chi connectivity index (χ2n) is 11.7. The third-order valence-electron chi connectivity index (χ3n) is 9.03. The molecule has 4 aliphatic rings. The first-order valence-electron chi connectivity index (χ1n) is 13.3. The van der Waals surface area contributed by atoms with Crippen LogP contribution in [0.15, 0.2) is 0 Å². The van der Waals surface area contributed by atoms with Gasteiger partial charge in [0.25, 0.3) is 0 Å². The molecule has 4 rings (SSSR count). The average molecular weight is 560 g/mol. The molecule has 0 aromatic rings. The lowest BCUT2D eigenvalue weighted by molar-refractivity contribution is -0.147. The van der Waals surface area contributed by atoms with Crippen LogP contribution in [0.2, 0.25) is 0 Å². The zero-order valence-corrected chi connectivity index (χ0v) is 22.4. The summed E-state index contributed by atoms with van der Waals surface area (Å²) in [6.45, 7) is 4.65. The van der Waals surface area contributed by atoms with Crippen LogP contribution in [0, 0.1) is 29.1 Å². The number of amides is 5. The van der Waals surface area contributed by atoms with Crippen LogP contribution < -0.4 is 21.7 Å². The van der Waals surface area contributed by atoms with Gasteiger partial charge in [0, 0.05) is 19.0 Å². The van der Waals surface area contributed by atoms with E-state index < -0.39 is 53.1 Å². The number of hydrogen-bond acceptors (Lipinski definition) is 5. The number of nitrogens with zero attached hydrogens (tertiary/aromatic N) is 1. The topological polar surface area (TPSA) is 151 Å². The van der Waals surface area contributed by atoms with Gasteiger partial charge in [-0.1, -0.05) is 33.1 Å². The molecule has 2 aliphatic heterocycles. The van der Waals surface area contributed by atoms with Crippen molar-refractivity contribution < 1.29 is 32.8 Å². The first-order chi connectivity index (χ1) is 17.7. The second kappa shape index (κ2) is 10.6. The number of carbonyl (C=O) groups excluding carboxylic acids is 5. The molecule has 6 atom stereocenters. The normalized spacial score (nSPS) is 30.1. The molecule has 2 saturated carbocycles. The van der Waals surface area contributed by atoms with Gasteiger partial charge in [-0.15, -0.1) is 0 Å². The first kappa shape index (κ1) is 28.5. The third kappa shape index (κ3) is 5.60. The molecule has 5 N–H and O–H groups in total. The van der Waals surface area contributed by atoms with Crippen molar-refractivity contribution in [3.05, 3.63) is 0 Å². The molecule has 13 heteroatoms. The van der Waals surface area contributed by atoms with Gasteiger partial charge in [-0.25, -0.2) is 0 Å². The fraction of sp³-hybridized carbons (Fsp3) is 0.800. The van der Waals surface area contributed by atoms with Crippen molar-refractivity contribution in [3.63, 3.8) is 0 Å². The number of halogens is 3. The highest BCUT2D eigenvalue weighted by Gasteiger charge is 2.69. The van der Waals surface area contributed by atoms with Crippen LogP contribution in [0.3, 0.4) is 0 Å². The van der Waals surface area contributed by atoms with Crippen LogP contribution >= 0.6 is 11.6 Å². The molecular weight excluding hydrogens is 524 g/mol. The predicted molar refractivity (Wildman–Crippen MR) is 132 cm³/mol. The largest absolute Gasteiger partial charge is 0.399 e. The fourth-order valence-electron chi connectivity index (χ4n) is 6.72. The van der Waals surface area contributed by atoms with Gasteiger partial charge in [0.1, 0.15) is 18.1 Å². The summed E-state index contributed by atoms with van der Waals surface area (Å²) in [6.07, 6.45) is 4.21. The Morgan fingerprint density at radius 1 is 1.16 bits per heavy atom. The standard InChI is InChI=1S/C25H36ClF2N5O5/c1-24(2)14-11-33(22(37)17(12-6-4-3-5-7-12)32-23(38)25(26,27)28)18(16(14)24)21(36)31-15(19(29)34)10-13-8-9-30-20(13)35/h12-18H,3-11H2,1-2H3,(H2,29,34)(H,30,35)(H,31,36)(H,32,38)/t13-,14-,15-,16-,17-,18-/m0/s1. The van der Waals surface area contributed by atoms with Gasteiger partial charge >= 0.3 is 11.3 Å². The molecule has 0 unspecified atom stereocenters. The molecular formula is C25H36ClF2N5O5. The molecule has 5 amide bonds. The van der Waals surface area contributed by atoms with E-state index in [2.05, 4.69) is 16.0 Å². The minimum Gasteiger partial charge on any atom is -0.368 e. The molecule has 0 aromatic heterocycles. The van der Waals surface area contributed by atoms with E-state index in [-0.39, 0.29) is 42.0 Å². The van der Waals surface area contributed by atoms with Crippen LogP contribution in [-0.4, -0.2) is 71.0 Å². The van der Waals surface area contributed by atoms with Gasteiger partial charge in [-0.3, -0.25) is 24.0 Å². The lowest BCUT2D eigenvalue weighted by Crippen LogP contribution is -2.60. The molecule has 4 fully saturated rings. The van der Waals surface area contributed by atoms with E-state index in [0.29, 0.717) is 25.8 Å². The highest BCUT2D eigenvalue weighted by atomic mass is 35.5. The Hall–Kier alpha value is -2.50. The number of fused-ring (bicyclic) bond motifs is 1. The van der Waals surface area contributed by atoms with Crippen molar-refractivity contribution in [2.45, 2.75) is 82.3 Å². The summed E-state index contributed by atoms with van der Waals surface area (Å²) >= 11 is 4.94. The highest BCUT2D eigenvalue weighted by molar-refractivity contribution is 6.32. The molecule has 0 radical (unpaired) electrons. The van der Waals surface area contributed by atoms with E-state index in [1.54, 1.807) is 0 Å². The summed E-state index contributed by atoms with van der Waals surface area (Å²) in [5.41, 5.74) is 5.29. The van der Waals surface area contributed by atoms with E-state index in [1.807, 2.05) is 13.8 Å². The van der Waals surface area contributed by atoms with Gasteiger partial charge in [-0.05, 0) is 60.5 Å². The number of carbonyl (C=O) groups is 5. The zero-order valence-electron chi connectivity index (χ0n) is 21.6. The second-order valence-corrected chi connectivity index (χ2v) is 12.2. The molecule has 2 heterocycles. The summed E-state index contributed by atoms with van der Waals surface area (Å²) in [4.78, 5) is 65.1. The smallest absolute Gasteiger partial charge is 0.368 e. The Bertz CT molecular complexity index is 999. The number of alkyl halides is 3. The number of likely N-dealkylation sites (tertiary alicyclic amines) is 1. The Balaban J connectivity index is 1.55. The zero-order chi connectivity index (χ0) is 28.0. The van der Waals surface area contributed by atoms with Crippen LogP contribution in [0.4, 0.5) is 8.78 Å². The molecule has 2 aliphatic carbocycles. The van der Waals surface area contributed by atoms with Crippen LogP contribution in [-0.2, 0) is 24.0 Å². The van der Waals surface area contributed by atoms with Gasteiger partial charge in [0.05, 0.1) is 0 Å². The molecule has 0 aromatic carbocycles. The molecule has 38 heavy (non-hydrogen) atoms. The number of nitrogens with two attached hydrogens (primary N) is 1. The van der Waals surface area contributed by atoms with E-state index in [9.17, 15) is 32.8 Å². The molecule has 2 saturated heterocycles. The number of nitrogens with one attached hydrogen (secondary N) is 3. The monoisotopic (exact) mass is 559 g/mol. The van der Waals surface area contributed by atoms with Crippen molar-refractivity contribution >= 4 is 41.1 Å². The Morgan fingerprint density at radius 3 is 2.37 bits per heavy atom. The molecule has 0 spiro atoms. The minimum absolute atomic E-state index is 0.00740. The van der Waals surface area contributed by atoms with Gasteiger partial charge in [-0.2, -0.15) is 8.78 Å². The quantitative estimate of drug-likeness (QED) is 0.309. The third-order valence-corrected chi connectivity index (χ3v) is 9.21. The van der Waals surface area contributed by atoms with E-state index in [0.717, 1.165) is 19.3 Å². The molecule has 10 nitrogen and oxygen atoms in total. The van der Waals surface area contributed by atoms with Crippen molar-refractivity contribution in [2.24, 2.45) is 34.8 Å². The van der Waals surface area contributed by atoms with Gasteiger partial charge in [0.2, 0.25) is 23.6 Å². The van der Waals surface area contributed by atoms with Gasteiger partial charge in [0.15, 0.2) is 0 Å². The maximum Gasteiger partial charge on any atom is 0.399 e. The fourth-order valence-corrected chi connectivity index (χ4v) is 6.78. The number of hydrogen-bond donors (Lipinski definition) is 4. The summed E-state index contributed by atoms with van der Waals surface area (Å²) in [6, 6.07) is -3.34.